The van der Waals surface area contributed by atoms with Crippen molar-refractivity contribution in [2.75, 3.05) is 6.61 Å². The number of carbonyl (C=O) groups is 2. The Morgan fingerprint density at radius 3 is 1.04 bits per heavy atom. The number of nitrogens with one attached hydrogen (secondary N) is 1. The summed E-state index contributed by atoms with van der Waals surface area (Å²) in [7, 11) is 0. The fraction of sp³-hybridized carbons (Fsp3) is 0.903. The first-order valence-corrected chi connectivity index (χ1v) is 30.6. The molecule has 0 saturated carbocycles. The fourth-order valence-corrected chi connectivity index (χ4v) is 9.60. The Hall–Kier alpha value is -1.66. The van der Waals surface area contributed by atoms with Gasteiger partial charge in [0, 0.05) is 6.42 Å². The van der Waals surface area contributed by atoms with E-state index in [0.29, 0.717) is 19.3 Å². The second-order valence-electron chi connectivity index (χ2n) is 21.1. The maximum absolute atomic E-state index is 13.3. The van der Waals surface area contributed by atoms with E-state index in [1.807, 2.05) is 0 Å². The number of carbonyl (C=O) groups excluding carboxylic acids is 2. The number of hydrogen-bond donors (Lipinski definition) is 3. The number of ether oxygens (including phenoxy) is 1. The summed E-state index contributed by atoms with van der Waals surface area (Å²) in [6.45, 7) is 6.52. The van der Waals surface area contributed by atoms with Crippen LogP contribution in [0.4, 0.5) is 0 Å². The molecule has 0 aromatic rings. The van der Waals surface area contributed by atoms with Crippen molar-refractivity contribution in [3.05, 3.63) is 24.3 Å². The second-order valence-corrected chi connectivity index (χ2v) is 21.1. The summed E-state index contributed by atoms with van der Waals surface area (Å²) in [6.07, 6.45) is 66.7. The van der Waals surface area contributed by atoms with E-state index in [1.54, 1.807) is 0 Å². The molecule has 0 fully saturated rings. The third kappa shape index (κ3) is 50.7. The van der Waals surface area contributed by atoms with Gasteiger partial charge in [-0.05, 0) is 77.0 Å². The van der Waals surface area contributed by atoms with Gasteiger partial charge in [0.1, 0.15) is 6.10 Å². The molecule has 0 aliphatic heterocycles. The minimum atomic E-state index is -0.788. The Morgan fingerprint density at radius 2 is 0.706 bits per heavy atom. The van der Waals surface area contributed by atoms with Crippen LogP contribution in [0.3, 0.4) is 0 Å². The number of aliphatic hydroxyl groups excluding tert-OH is 2. The van der Waals surface area contributed by atoms with Crippen molar-refractivity contribution in [3.63, 3.8) is 0 Å². The smallest absolute Gasteiger partial charge is 0.306 e. The van der Waals surface area contributed by atoms with Crippen LogP contribution in [0.2, 0.25) is 0 Å². The summed E-state index contributed by atoms with van der Waals surface area (Å²) >= 11 is 0. The zero-order valence-corrected chi connectivity index (χ0v) is 46.0. The number of rotatable bonds is 56. The van der Waals surface area contributed by atoms with Gasteiger partial charge in [0.05, 0.1) is 25.2 Å². The highest BCUT2D eigenvalue weighted by molar-refractivity contribution is 5.77. The molecule has 1 amide bonds. The Bertz CT molecular complexity index is 1080. The molecule has 68 heavy (non-hydrogen) atoms. The van der Waals surface area contributed by atoms with E-state index in [0.717, 1.165) is 57.8 Å². The average Bonchev–Trinajstić information content (AvgIpc) is 3.33. The van der Waals surface area contributed by atoms with Crippen LogP contribution in [0.15, 0.2) is 24.3 Å². The lowest BCUT2D eigenvalue weighted by molar-refractivity contribution is -0.151. The molecule has 0 heterocycles. The maximum Gasteiger partial charge on any atom is 0.306 e. The third-order valence-corrected chi connectivity index (χ3v) is 14.3. The molecule has 0 bridgehead atoms. The minimum Gasteiger partial charge on any atom is -0.462 e. The zero-order chi connectivity index (χ0) is 49.5. The SMILES string of the molecule is CCCCCCCC/C=C/CCCCCCCCCC(CC(=O)NC(CO)C(O)CCCCCCCCCCCCCCCCCC)OC(=O)CCCCCCC/C=C/CCCCCCCCC. The molecule has 0 radical (unpaired) electrons. The first-order valence-electron chi connectivity index (χ1n) is 30.6. The molecular weight excluding hydrogens is 839 g/mol. The fourth-order valence-electron chi connectivity index (χ4n) is 9.60. The second kappa shape index (κ2) is 56.3. The molecule has 0 saturated heterocycles. The van der Waals surface area contributed by atoms with Crippen LogP contribution in [0, 0.1) is 0 Å². The first kappa shape index (κ1) is 66.3. The molecule has 0 aliphatic carbocycles. The van der Waals surface area contributed by atoms with Crippen molar-refractivity contribution in [2.45, 2.75) is 354 Å². The Labute approximate surface area is 424 Å². The topological polar surface area (TPSA) is 95.9 Å². The third-order valence-electron chi connectivity index (χ3n) is 14.3. The molecule has 0 aromatic heterocycles. The van der Waals surface area contributed by atoms with E-state index in [1.165, 1.54) is 231 Å². The van der Waals surface area contributed by atoms with Gasteiger partial charge in [-0.25, -0.2) is 0 Å². The van der Waals surface area contributed by atoms with Crippen LogP contribution in [-0.2, 0) is 14.3 Å². The molecule has 0 rings (SSSR count). The summed E-state index contributed by atoms with van der Waals surface area (Å²) in [4.78, 5) is 26.3. The molecule has 3 N–H and O–H groups in total. The standard InChI is InChI=1S/C62H119NO5/c1-4-7-10-13-16-19-22-25-28-31-32-35-38-41-44-47-50-53-58(68-62(67)55-52-49-46-43-40-37-34-30-27-24-21-18-15-12-9-6-3)56-61(66)63-59(57-64)60(65)54-51-48-45-42-39-36-33-29-26-23-20-17-14-11-8-5-2/h25,28,30,34,58-60,64-65H,4-24,26-27,29,31-33,35-57H2,1-3H3,(H,63,66)/b28-25+,34-30+. The van der Waals surface area contributed by atoms with Gasteiger partial charge < -0.3 is 20.3 Å². The van der Waals surface area contributed by atoms with Crippen LogP contribution in [0.5, 0.6) is 0 Å². The Morgan fingerprint density at radius 1 is 0.412 bits per heavy atom. The predicted molar refractivity (Wildman–Crippen MR) is 296 cm³/mol. The molecule has 0 spiro atoms. The van der Waals surface area contributed by atoms with E-state index in [9.17, 15) is 19.8 Å². The van der Waals surface area contributed by atoms with Crippen LogP contribution in [0.1, 0.15) is 335 Å². The molecule has 3 unspecified atom stereocenters. The zero-order valence-electron chi connectivity index (χ0n) is 46.0. The van der Waals surface area contributed by atoms with Crippen molar-refractivity contribution in [1.29, 1.82) is 0 Å². The van der Waals surface area contributed by atoms with Crippen molar-refractivity contribution in [3.8, 4) is 0 Å². The number of amides is 1. The van der Waals surface area contributed by atoms with Gasteiger partial charge in [-0.15, -0.1) is 0 Å². The van der Waals surface area contributed by atoms with Gasteiger partial charge in [-0.2, -0.15) is 0 Å². The summed E-state index contributed by atoms with van der Waals surface area (Å²) in [5.41, 5.74) is 0. The average molecular weight is 959 g/mol. The van der Waals surface area contributed by atoms with Gasteiger partial charge in [-0.1, -0.05) is 270 Å². The summed E-state index contributed by atoms with van der Waals surface area (Å²) in [6, 6.07) is -0.702. The maximum atomic E-state index is 13.3. The Kier molecular flexibility index (Phi) is 54.9. The van der Waals surface area contributed by atoms with Crippen LogP contribution >= 0.6 is 0 Å². The van der Waals surface area contributed by atoms with E-state index in [2.05, 4.69) is 50.4 Å². The lowest BCUT2D eigenvalue weighted by Gasteiger charge is -2.24. The number of hydrogen-bond acceptors (Lipinski definition) is 5. The lowest BCUT2D eigenvalue weighted by Crippen LogP contribution is -2.46. The van der Waals surface area contributed by atoms with Gasteiger partial charge in [-0.3, -0.25) is 9.59 Å². The highest BCUT2D eigenvalue weighted by Crippen LogP contribution is 2.19. The van der Waals surface area contributed by atoms with Gasteiger partial charge in [0.2, 0.25) is 5.91 Å². The highest BCUT2D eigenvalue weighted by atomic mass is 16.5. The first-order chi connectivity index (χ1) is 33.5. The summed E-state index contributed by atoms with van der Waals surface area (Å²) in [5, 5.41) is 23.9. The largest absolute Gasteiger partial charge is 0.462 e. The van der Waals surface area contributed by atoms with E-state index in [4.69, 9.17) is 4.74 Å². The highest BCUT2D eigenvalue weighted by Gasteiger charge is 2.24. The molecular formula is C62H119NO5. The van der Waals surface area contributed by atoms with Gasteiger partial charge in [0.15, 0.2) is 0 Å². The molecule has 6 heteroatoms. The molecule has 3 atom stereocenters. The van der Waals surface area contributed by atoms with Crippen LogP contribution in [-0.4, -0.2) is 46.9 Å². The molecule has 6 nitrogen and oxygen atoms in total. The van der Waals surface area contributed by atoms with Crippen LogP contribution in [0.25, 0.3) is 0 Å². The molecule has 0 aromatic carbocycles. The van der Waals surface area contributed by atoms with Crippen molar-refractivity contribution >= 4 is 11.9 Å². The van der Waals surface area contributed by atoms with E-state index < -0.39 is 18.2 Å². The quantitative estimate of drug-likeness (QED) is 0.0321. The number of unbranched alkanes of at least 4 members (excludes halogenated alkanes) is 40. The predicted octanol–water partition coefficient (Wildman–Crippen LogP) is 19.0. The monoisotopic (exact) mass is 958 g/mol. The van der Waals surface area contributed by atoms with Crippen molar-refractivity contribution in [1.82, 2.24) is 5.32 Å². The van der Waals surface area contributed by atoms with Crippen LogP contribution < -0.4 is 5.32 Å². The van der Waals surface area contributed by atoms with E-state index in [-0.39, 0.29) is 24.9 Å². The number of allylic oxidation sites excluding steroid dienone is 4. The normalized spacial score (nSPS) is 13.2. The molecule has 0 aliphatic rings. The minimum absolute atomic E-state index is 0.0762. The van der Waals surface area contributed by atoms with E-state index >= 15 is 0 Å². The summed E-state index contributed by atoms with van der Waals surface area (Å²) < 4.78 is 5.97. The number of aliphatic hydroxyl groups is 2. The summed E-state index contributed by atoms with van der Waals surface area (Å²) in [5.74, 6) is -0.468. The van der Waals surface area contributed by atoms with Gasteiger partial charge in [0.25, 0.3) is 0 Å². The van der Waals surface area contributed by atoms with Crippen molar-refractivity contribution < 1.29 is 24.5 Å². The lowest BCUT2D eigenvalue weighted by atomic mass is 10.0. The number of esters is 1. The molecule has 402 valence electrons. The van der Waals surface area contributed by atoms with Gasteiger partial charge >= 0.3 is 5.97 Å². The Balaban J connectivity index is 4.53. The van der Waals surface area contributed by atoms with Crippen molar-refractivity contribution in [2.24, 2.45) is 0 Å².